The highest BCUT2D eigenvalue weighted by atomic mass is 16.1. The van der Waals surface area contributed by atoms with Gasteiger partial charge in [0.15, 0.2) is 0 Å². The second-order valence-corrected chi connectivity index (χ2v) is 4.91. The van der Waals surface area contributed by atoms with Gasteiger partial charge in [-0.2, -0.15) is 0 Å². The van der Waals surface area contributed by atoms with Gasteiger partial charge in [0, 0.05) is 5.69 Å². The molecule has 5 nitrogen and oxygen atoms in total. The number of aromatic amines is 1. The number of aromatic nitrogens is 3. The van der Waals surface area contributed by atoms with Gasteiger partial charge in [-0.25, -0.2) is 14.5 Å². The molecule has 0 bridgehead atoms. The maximum absolute atomic E-state index is 12.1. The van der Waals surface area contributed by atoms with Crippen LogP contribution >= 0.6 is 0 Å². The maximum Gasteiger partial charge on any atom is 0.349 e. The minimum atomic E-state index is -0.264. The largest absolute Gasteiger partial charge is 0.349 e. The lowest BCUT2D eigenvalue weighted by atomic mass is 10.2. The molecule has 0 saturated carbocycles. The Kier molecular flexibility index (Phi) is 3.31. The molecule has 0 spiro atoms. The van der Waals surface area contributed by atoms with E-state index in [-0.39, 0.29) is 5.69 Å². The van der Waals surface area contributed by atoms with Crippen LogP contribution in [0.4, 0.5) is 11.6 Å². The molecule has 0 amide bonds. The number of aryl methyl sites for hydroxylation is 2. The summed E-state index contributed by atoms with van der Waals surface area (Å²) in [7, 11) is 0. The molecule has 3 aromatic rings. The van der Waals surface area contributed by atoms with Crippen molar-refractivity contribution in [3.63, 3.8) is 0 Å². The zero-order valence-corrected chi connectivity index (χ0v) is 11.9. The molecule has 0 unspecified atom stereocenters. The number of hydrogen-bond donors (Lipinski definition) is 2. The molecule has 0 aliphatic carbocycles. The van der Waals surface area contributed by atoms with Crippen molar-refractivity contribution in [3.8, 4) is 5.69 Å². The van der Waals surface area contributed by atoms with Crippen LogP contribution in [0.2, 0.25) is 0 Å². The van der Waals surface area contributed by atoms with Gasteiger partial charge in [0.05, 0.1) is 5.69 Å². The summed E-state index contributed by atoms with van der Waals surface area (Å²) in [6.45, 7) is 3.97. The van der Waals surface area contributed by atoms with Crippen LogP contribution in [0.25, 0.3) is 5.69 Å². The van der Waals surface area contributed by atoms with Crippen LogP contribution in [0, 0.1) is 13.8 Å². The second kappa shape index (κ2) is 5.28. The van der Waals surface area contributed by atoms with Crippen LogP contribution < -0.4 is 11.0 Å². The zero-order valence-electron chi connectivity index (χ0n) is 11.9. The van der Waals surface area contributed by atoms with Gasteiger partial charge in [-0.3, -0.25) is 0 Å². The van der Waals surface area contributed by atoms with Crippen LogP contribution in [0.5, 0.6) is 0 Å². The molecule has 1 aromatic heterocycles. The number of benzene rings is 2. The molecule has 0 atom stereocenters. The molecule has 1 heterocycles. The fourth-order valence-corrected chi connectivity index (χ4v) is 2.25. The molecule has 5 heteroatoms. The number of anilines is 2. The Labute approximate surface area is 122 Å². The molecule has 0 radical (unpaired) electrons. The van der Waals surface area contributed by atoms with Crippen molar-refractivity contribution in [2.24, 2.45) is 0 Å². The fraction of sp³-hybridized carbons (Fsp3) is 0.125. The number of hydrogen-bond acceptors (Lipinski definition) is 3. The van der Waals surface area contributed by atoms with Gasteiger partial charge in [0.25, 0.3) is 0 Å². The van der Waals surface area contributed by atoms with E-state index in [1.165, 1.54) is 0 Å². The number of nitrogens with one attached hydrogen (secondary N) is 2. The van der Waals surface area contributed by atoms with E-state index in [4.69, 9.17) is 0 Å². The number of nitrogens with zero attached hydrogens (tertiary/aromatic N) is 2. The van der Waals surface area contributed by atoms with E-state index < -0.39 is 0 Å². The summed E-state index contributed by atoms with van der Waals surface area (Å²) in [5.74, 6) is 0.476. The van der Waals surface area contributed by atoms with E-state index in [1.807, 2.05) is 62.4 Å². The van der Waals surface area contributed by atoms with E-state index in [2.05, 4.69) is 15.5 Å². The van der Waals surface area contributed by atoms with Gasteiger partial charge in [0.2, 0.25) is 5.95 Å². The van der Waals surface area contributed by atoms with Gasteiger partial charge in [-0.15, -0.1) is 5.10 Å². The van der Waals surface area contributed by atoms with E-state index in [9.17, 15) is 4.79 Å². The molecule has 21 heavy (non-hydrogen) atoms. The lowest BCUT2D eigenvalue weighted by Gasteiger charge is -2.11. The van der Waals surface area contributed by atoms with Crippen LogP contribution in [-0.2, 0) is 0 Å². The van der Waals surface area contributed by atoms with Crippen LogP contribution in [-0.4, -0.2) is 14.8 Å². The quantitative estimate of drug-likeness (QED) is 0.775. The smallest absolute Gasteiger partial charge is 0.324 e. The van der Waals surface area contributed by atoms with Crippen molar-refractivity contribution in [2.75, 3.05) is 5.32 Å². The number of H-pyrrole nitrogens is 1. The van der Waals surface area contributed by atoms with Gasteiger partial charge in [0.1, 0.15) is 0 Å². The Bertz CT molecular complexity index is 832. The van der Waals surface area contributed by atoms with Crippen molar-refractivity contribution in [2.45, 2.75) is 13.8 Å². The lowest BCUT2D eigenvalue weighted by molar-refractivity contribution is 0.975. The van der Waals surface area contributed by atoms with E-state index in [0.717, 1.165) is 22.5 Å². The fourth-order valence-electron chi connectivity index (χ4n) is 2.25. The second-order valence-electron chi connectivity index (χ2n) is 4.91. The van der Waals surface area contributed by atoms with Crippen molar-refractivity contribution in [3.05, 3.63) is 70.1 Å². The Hall–Kier alpha value is -2.82. The van der Waals surface area contributed by atoms with E-state index in [1.54, 1.807) is 4.57 Å². The summed E-state index contributed by atoms with van der Waals surface area (Å²) >= 11 is 0. The average Bonchev–Trinajstić information content (AvgIpc) is 2.83. The number of para-hydroxylation sites is 2. The lowest BCUT2D eigenvalue weighted by Crippen LogP contribution is -2.17. The third-order valence-corrected chi connectivity index (χ3v) is 3.42. The molecule has 0 aliphatic heterocycles. The van der Waals surface area contributed by atoms with Crippen molar-refractivity contribution >= 4 is 11.6 Å². The van der Waals surface area contributed by atoms with Gasteiger partial charge >= 0.3 is 5.69 Å². The summed E-state index contributed by atoms with van der Waals surface area (Å²) in [5, 5.41) is 9.79. The molecule has 106 valence electrons. The van der Waals surface area contributed by atoms with Crippen LogP contribution in [0.15, 0.2) is 53.3 Å². The van der Waals surface area contributed by atoms with Gasteiger partial charge in [-0.1, -0.05) is 36.4 Å². The Morgan fingerprint density at radius 2 is 1.67 bits per heavy atom. The highest BCUT2D eigenvalue weighted by molar-refractivity contribution is 5.60. The third kappa shape index (κ3) is 2.45. The maximum atomic E-state index is 12.1. The van der Waals surface area contributed by atoms with Crippen molar-refractivity contribution < 1.29 is 0 Å². The Balaban J connectivity index is 2.09. The zero-order chi connectivity index (χ0) is 14.8. The summed E-state index contributed by atoms with van der Waals surface area (Å²) in [6.07, 6.45) is 0. The highest BCUT2D eigenvalue weighted by Crippen LogP contribution is 2.20. The van der Waals surface area contributed by atoms with E-state index in [0.29, 0.717) is 5.95 Å². The summed E-state index contributed by atoms with van der Waals surface area (Å²) < 4.78 is 1.54. The Morgan fingerprint density at radius 1 is 1.00 bits per heavy atom. The molecule has 2 N–H and O–H groups in total. The first-order chi connectivity index (χ1) is 10.2. The molecule has 0 aliphatic rings. The predicted octanol–water partition coefficient (Wildman–Crippen LogP) is 2.92. The van der Waals surface area contributed by atoms with Gasteiger partial charge < -0.3 is 5.32 Å². The normalized spacial score (nSPS) is 10.6. The summed E-state index contributed by atoms with van der Waals surface area (Å²) in [4.78, 5) is 12.1. The van der Waals surface area contributed by atoms with Crippen molar-refractivity contribution in [1.29, 1.82) is 0 Å². The molecule has 3 rings (SSSR count). The number of rotatable bonds is 3. The topological polar surface area (TPSA) is 62.7 Å². The molecular formula is C16H16N4O. The average molecular weight is 280 g/mol. The minimum absolute atomic E-state index is 0.264. The predicted molar refractivity (Wildman–Crippen MR) is 83.4 cm³/mol. The molecule has 2 aromatic carbocycles. The van der Waals surface area contributed by atoms with Crippen LogP contribution in [0.3, 0.4) is 0 Å². The minimum Gasteiger partial charge on any atom is -0.324 e. The van der Waals surface area contributed by atoms with E-state index >= 15 is 0 Å². The first kappa shape index (κ1) is 13.2. The SMILES string of the molecule is Cc1ccccc1Nc1n[nH]c(=O)n1-c1ccccc1C. The highest BCUT2D eigenvalue weighted by Gasteiger charge is 2.12. The Morgan fingerprint density at radius 3 is 2.38 bits per heavy atom. The monoisotopic (exact) mass is 280 g/mol. The summed E-state index contributed by atoms with van der Waals surface area (Å²) in [6, 6.07) is 15.6. The third-order valence-electron chi connectivity index (χ3n) is 3.42. The molecule has 0 fully saturated rings. The first-order valence-corrected chi connectivity index (χ1v) is 6.73. The molecular weight excluding hydrogens is 264 g/mol. The molecule has 0 saturated heterocycles. The standard InChI is InChI=1S/C16H16N4O/c1-11-7-3-5-9-13(11)17-15-18-19-16(21)20(15)14-10-6-4-8-12(14)2/h3-10H,1-2H3,(H,17,18)(H,19,21). The first-order valence-electron chi connectivity index (χ1n) is 6.73. The van der Waals surface area contributed by atoms with Crippen molar-refractivity contribution in [1.82, 2.24) is 14.8 Å². The van der Waals surface area contributed by atoms with Gasteiger partial charge in [-0.05, 0) is 37.1 Å². The van der Waals surface area contributed by atoms with Crippen LogP contribution in [0.1, 0.15) is 11.1 Å². The summed E-state index contributed by atoms with van der Waals surface area (Å²) in [5.41, 5.74) is 3.57.